The van der Waals surface area contributed by atoms with Crippen LogP contribution in [-0.4, -0.2) is 22.8 Å². The maximum Gasteiger partial charge on any atom is 0.248 e. The van der Waals surface area contributed by atoms with Gasteiger partial charge in [-0.2, -0.15) is 0 Å². The van der Waals surface area contributed by atoms with Crippen molar-refractivity contribution in [2.75, 3.05) is 5.32 Å². The van der Waals surface area contributed by atoms with Gasteiger partial charge in [0.2, 0.25) is 11.8 Å². The minimum Gasteiger partial charge on any atom is -0.344 e. The molecule has 0 bridgehead atoms. The molecule has 5 nitrogen and oxygen atoms in total. The van der Waals surface area contributed by atoms with Gasteiger partial charge in [-0.3, -0.25) is 9.59 Å². The zero-order chi connectivity index (χ0) is 13.3. The van der Waals surface area contributed by atoms with Crippen LogP contribution in [0.3, 0.4) is 0 Å². The fourth-order valence-corrected chi connectivity index (χ4v) is 2.62. The van der Waals surface area contributed by atoms with Crippen LogP contribution in [0.2, 0.25) is 0 Å². The van der Waals surface area contributed by atoms with Gasteiger partial charge >= 0.3 is 0 Å². The molecule has 1 atom stereocenters. The molecule has 0 aliphatic carbocycles. The highest BCUT2D eigenvalue weighted by Crippen LogP contribution is 2.26. The standard InChI is InChI=1S/C12H17N3O2S/c1-12(2,3)8-6-18-11(14-8)15-10(17)7-4-5-9(16)13-7/h6-7H,4-5H2,1-3H3,(H,13,16)(H,14,15,17). The third-order valence-electron chi connectivity index (χ3n) is 2.81. The highest BCUT2D eigenvalue weighted by atomic mass is 32.1. The SMILES string of the molecule is CC(C)(C)c1csc(NC(=O)C2CCC(=O)N2)n1. The van der Waals surface area contributed by atoms with E-state index in [0.29, 0.717) is 18.0 Å². The summed E-state index contributed by atoms with van der Waals surface area (Å²) in [5, 5.41) is 7.92. The average molecular weight is 267 g/mol. The summed E-state index contributed by atoms with van der Waals surface area (Å²) in [6.07, 6.45) is 0.978. The van der Waals surface area contributed by atoms with Crippen LogP contribution in [0.4, 0.5) is 5.13 Å². The van der Waals surface area contributed by atoms with Gasteiger partial charge in [0, 0.05) is 17.2 Å². The van der Waals surface area contributed by atoms with Crippen LogP contribution in [0.25, 0.3) is 0 Å². The second kappa shape index (κ2) is 4.68. The van der Waals surface area contributed by atoms with Crippen LogP contribution in [-0.2, 0) is 15.0 Å². The molecule has 1 fully saturated rings. The van der Waals surface area contributed by atoms with Gasteiger partial charge in [0.1, 0.15) is 6.04 Å². The molecule has 1 unspecified atom stereocenters. The van der Waals surface area contributed by atoms with Gasteiger partial charge in [0.25, 0.3) is 0 Å². The predicted octanol–water partition coefficient (Wildman–Crippen LogP) is 1.66. The Labute approximate surface area is 110 Å². The third-order valence-corrected chi connectivity index (χ3v) is 3.57. The van der Waals surface area contributed by atoms with Crippen molar-refractivity contribution in [3.63, 3.8) is 0 Å². The Hall–Kier alpha value is -1.43. The van der Waals surface area contributed by atoms with Crippen molar-refractivity contribution in [3.05, 3.63) is 11.1 Å². The van der Waals surface area contributed by atoms with E-state index < -0.39 is 6.04 Å². The molecule has 2 rings (SSSR count). The average Bonchev–Trinajstić information content (AvgIpc) is 2.85. The molecule has 0 saturated carbocycles. The number of anilines is 1. The van der Waals surface area contributed by atoms with E-state index in [1.807, 2.05) is 5.38 Å². The number of hydrogen-bond donors (Lipinski definition) is 2. The van der Waals surface area contributed by atoms with E-state index in [1.54, 1.807) is 0 Å². The normalized spacial score (nSPS) is 19.7. The number of nitrogens with one attached hydrogen (secondary N) is 2. The monoisotopic (exact) mass is 267 g/mol. The number of amides is 2. The number of rotatable bonds is 2. The highest BCUT2D eigenvalue weighted by molar-refractivity contribution is 7.14. The summed E-state index contributed by atoms with van der Waals surface area (Å²) in [6.45, 7) is 6.22. The summed E-state index contributed by atoms with van der Waals surface area (Å²) in [7, 11) is 0. The topological polar surface area (TPSA) is 71.1 Å². The summed E-state index contributed by atoms with van der Waals surface area (Å²) in [5.74, 6) is -0.250. The smallest absolute Gasteiger partial charge is 0.248 e. The van der Waals surface area contributed by atoms with Gasteiger partial charge in [0.05, 0.1) is 5.69 Å². The Kier molecular flexibility index (Phi) is 3.38. The molecule has 2 N–H and O–H groups in total. The number of hydrogen-bond acceptors (Lipinski definition) is 4. The lowest BCUT2D eigenvalue weighted by Crippen LogP contribution is -2.37. The minimum absolute atomic E-state index is 0.0267. The van der Waals surface area contributed by atoms with Crippen LogP contribution in [0.5, 0.6) is 0 Å². The predicted molar refractivity (Wildman–Crippen MR) is 70.6 cm³/mol. The number of carbonyl (C=O) groups excluding carboxylic acids is 2. The second-order valence-electron chi connectivity index (χ2n) is 5.44. The minimum atomic E-state index is -0.417. The summed E-state index contributed by atoms with van der Waals surface area (Å²) >= 11 is 1.41. The van der Waals surface area contributed by atoms with E-state index in [4.69, 9.17) is 0 Å². The zero-order valence-corrected chi connectivity index (χ0v) is 11.6. The van der Waals surface area contributed by atoms with Crippen molar-refractivity contribution in [3.8, 4) is 0 Å². The quantitative estimate of drug-likeness (QED) is 0.856. The van der Waals surface area contributed by atoms with Crippen molar-refractivity contribution in [2.24, 2.45) is 0 Å². The van der Waals surface area contributed by atoms with Gasteiger partial charge in [-0.1, -0.05) is 20.8 Å². The molecule has 18 heavy (non-hydrogen) atoms. The summed E-state index contributed by atoms with van der Waals surface area (Å²) in [4.78, 5) is 27.3. The third kappa shape index (κ3) is 2.87. The molecule has 0 aromatic carbocycles. The summed E-state index contributed by atoms with van der Waals surface area (Å²) in [6, 6.07) is -0.417. The van der Waals surface area contributed by atoms with Crippen LogP contribution in [0.1, 0.15) is 39.3 Å². The maximum absolute atomic E-state index is 11.9. The molecule has 1 aromatic heterocycles. The first-order valence-corrected chi connectivity index (χ1v) is 6.80. The lowest BCUT2D eigenvalue weighted by atomic mass is 9.93. The van der Waals surface area contributed by atoms with Crippen LogP contribution >= 0.6 is 11.3 Å². The van der Waals surface area contributed by atoms with Gasteiger partial charge < -0.3 is 10.6 Å². The Morgan fingerprint density at radius 2 is 2.28 bits per heavy atom. The fraction of sp³-hybridized carbons (Fsp3) is 0.583. The van der Waals surface area contributed by atoms with E-state index in [0.717, 1.165) is 5.69 Å². The van der Waals surface area contributed by atoms with Crippen molar-refractivity contribution in [1.29, 1.82) is 0 Å². The Morgan fingerprint density at radius 1 is 1.56 bits per heavy atom. The fourth-order valence-electron chi connectivity index (χ4n) is 1.68. The molecule has 1 aliphatic heterocycles. The first-order chi connectivity index (χ1) is 8.36. The molecule has 2 heterocycles. The first kappa shape index (κ1) is 13.0. The molecule has 0 radical (unpaired) electrons. The zero-order valence-electron chi connectivity index (χ0n) is 10.7. The number of aromatic nitrogens is 1. The number of thiazole rings is 1. The largest absolute Gasteiger partial charge is 0.344 e. The molecule has 0 spiro atoms. The molecule has 1 aromatic rings. The van der Waals surface area contributed by atoms with Crippen molar-refractivity contribution >= 4 is 28.3 Å². The Balaban J connectivity index is 1.99. The number of carbonyl (C=O) groups is 2. The van der Waals surface area contributed by atoms with E-state index in [2.05, 4.69) is 36.4 Å². The Bertz CT molecular complexity index is 476. The van der Waals surface area contributed by atoms with E-state index in [9.17, 15) is 9.59 Å². The first-order valence-electron chi connectivity index (χ1n) is 5.92. The molecule has 6 heteroatoms. The number of nitrogens with zero attached hydrogens (tertiary/aromatic N) is 1. The summed E-state index contributed by atoms with van der Waals surface area (Å²) < 4.78 is 0. The van der Waals surface area contributed by atoms with Crippen molar-refractivity contribution < 1.29 is 9.59 Å². The lowest BCUT2D eigenvalue weighted by Gasteiger charge is -2.14. The van der Waals surface area contributed by atoms with Gasteiger partial charge in [-0.05, 0) is 6.42 Å². The van der Waals surface area contributed by atoms with Crippen molar-refractivity contribution in [1.82, 2.24) is 10.3 Å². The van der Waals surface area contributed by atoms with Crippen LogP contribution in [0.15, 0.2) is 5.38 Å². The van der Waals surface area contributed by atoms with E-state index in [-0.39, 0.29) is 17.2 Å². The highest BCUT2D eigenvalue weighted by Gasteiger charge is 2.28. The Morgan fingerprint density at radius 3 is 2.78 bits per heavy atom. The maximum atomic E-state index is 11.9. The molecular weight excluding hydrogens is 250 g/mol. The van der Waals surface area contributed by atoms with E-state index >= 15 is 0 Å². The van der Waals surface area contributed by atoms with Crippen LogP contribution < -0.4 is 10.6 Å². The van der Waals surface area contributed by atoms with Gasteiger partial charge in [-0.25, -0.2) is 4.98 Å². The second-order valence-corrected chi connectivity index (χ2v) is 6.29. The van der Waals surface area contributed by atoms with Crippen molar-refractivity contribution in [2.45, 2.75) is 45.1 Å². The molecule has 1 aliphatic rings. The molecule has 98 valence electrons. The van der Waals surface area contributed by atoms with Gasteiger partial charge in [-0.15, -0.1) is 11.3 Å². The molecule has 1 saturated heterocycles. The summed E-state index contributed by atoms with van der Waals surface area (Å²) in [5.41, 5.74) is 0.930. The van der Waals surface area contributed by atoms with Crippen LogP contribution in [0, 0.1) is 0 Å². The molecule has 2 amide bonds. The molecular formula is C12H17N3O2S. The van der Waals surface area contributed by atoms with E-state index in [1.165, 1.54) is 11.3 Å². The van der Waals surface area contributed by atoms with Gasteiger partial charge in [0.15, 0.2) is 5.13 Å². The lowest BCUT2D eigenvalue weighted by molar-refractivity contribution is -0.122.